The van der Waals surface area contributed by atoms with Crippen LogP contribution in [0.1, 0.15) is 9.80 Å². The lowest BCUT2D eigenvalue weighted by molar-refractivity contribution is 0.0696. The fraction of sp³-hybridized carbons (Fsp3) is 0. The van der Waals surface area contributed by atoms with Gasteiger partial charge >= 0.3 is 5.97 Å². The van der Waals surface area contributed by atoms with Gasteiger partial charge in [0, 0.05) is 11.6 Å². The van der Waals surface area contributed by atoms with Gasteiger partial charge in [0.1, 0.15) is 0 Å². The number of aromatic carboxylic acids is 1. The van der Waals surface area contributed by atoms with Gasteiger partial charge in [-0.2, -0.15) is 0 Å². The molecular formula is C8H6N2O2S. The number of hydrogen-bond acceptors (Lipinski definition) is 3. The quantitative estimate of drug-likeness (QED) is 0.766. The first kappa shape index (κ1) is 8.00. The number of nitrogens with zero attached hydrogens (tertiary/aromatic N) is 1. The van der Waals surface area contributed by atoms with Crippen molar-refractivity contribution in [3.05, 3.63) is 28.7 Å². The largest absolute Gasteiger partial charge is 0.476 e. The van der Waals surface area contributed by atoms with Crippen molar-refractivity contribution in [2.24, 2.45) is 0 Å². The minimum absolute atomic E-state index is 0.115. The summed E-state index contributed by atoms with van der Waals surface area (Å²) in [6, 6.07) is 3.69. The van der Waals surface area contributed by atoms with Gasteiger partial charge in [-0.1, -0.05) is 0 Å². The molecule has 13 heavy (non-hydrogen) atoms. The van der Waals surface area contributed by atoms with E-state index in [4.69, 9.17) is 5.11 Å². The summed E-state index contributed by atoms with van der Waals surface area (Å²) in [7, 11) is 0. The molecular weight excluding hydrogens is 188 g/mol. The van der Waals surface area contributed by atoms with Crippen molar-refractivity contribution < 1.29 is 9.90 Å². The van der Waals surface area contributed by atoms with Gasteiger partial charge in [0.2, 0.25) is 5.01 Å². The molecule has 0 saturated carbocycles. The Labute approximate surface area is 77.9 Å². The normalized spacial score (nSPS) is 10.2. The van der Waals surface area contributed by atoms with Gasteiger partial charge in [-0.15, -0.1) is 11.3 Å². The lowest BCUT2D eigenvalue weighted by atomic mass is 10.3. The van der Waals surface area contributed by atoms with Crippen molar-refractivity contribution in [3.8, 4) is 11.4 Å². The van der Waals surface area contributed by atoms with E-state index in [1.165, 1.54) is 0 Å². The number of carboxylic acids is 1. The molecule has 5 heteroatoms. The van der Waals surface area contributed by atoms with Crippen molar-refractivity contribution in [3.63, 3.8) is 0 Å². The fourth-order valence-corrected chi connectivity index (χ4v) is 1.64. The minimum Gasteiger partial charge on any atom is -0.476 e. The monoisotopic (exact) mass is 194 g/mol. The van der Waals surface area contributed by atoms with Gasteiger partial charge in [0.15, 0.2) is 0 Å². The van der Waals surface area contributed by atoms with E-state index < -0.39 is 5.97 Å². The molecule has 2 rings (SSSR count). The van der Waals surface area contributed by atoms with Gasteiger partial charge < -0.3 is 10.1 Å². The van der Waals surface area contributed by atoms with Crippen LogP contribution in [0.2, 0.25) is 0 Å². The van der Waals surface area contributed by atoms with Crippen LogP contribution in [0.3, 0.4) is 0 Å². The standard InChI is InChI=1S/C8H6N2O2S/c11-8(12)7-10-6(4-13-7)5-2-1-3-9-5/h1-4,9H,(H,11,12). The fourth-order valence-electron chi connectivity index (χ4n) is 0.985. The first-order valence-corrected chi connectivity index (χ1v) is 4.48. The van der Waals surface area contributed by atoms with Gasteiger partial charge in [0.25, 0.3) is 0 Å². The van der Waals surface area contributed by atoms with Crippen LogP contribution in [0.15, 0.2) is 23.7 Å². The lowest BCUT2D eigenvalue weighted by Crippen LogP contribution is -1.94. The lowest BCUT2D eigenvalue weighted by Gasteiger charge is -1.87. The maximum atomic E-state index is 10.5. The number of carbonyl (C=O) groups is 1. The number of aromatic amines is 1. The second-order valence-electron chi connectivity index (χ2n) is 2.43. The molecule has 2 N–H and O–H groups in total. The highest BCUT2D eigenvalue weighted by Gasteiger charge is 2.09. The summed E-state index contributed by atoms with van der Waals surface area (Å²) in [5.74, 6) is -0.984. The average molecular weight is 194 g/mol. The Bertz CT molecular complexity index is 419. The molecule has 0 bridgehead atoms. The Morgan fingerprint density at radius 3 is 3.00 bits per heavy atom. The summed E-state index contributed by atoms with van der Waals surface area (Å²) in [5, 5.41) is 10.5. The molecule has 4 nitrogen and oxygen atoms in total. The third-order valence-electron chi connectivity index (χ3n) is 1.56. The first-order chi connectivity index (χ1) is 6.27. The number of aromatic nitrogens is 2. The highest BCUT2D eigenvalue weighted by molar-refractivity contribution is 7.11. The Balaban J connectivity index is 2.39. The molecule has 2 aromatic rings. The molecule has 0 fully saturated rings. The zero-order valence-corrected chi connectivity index (χ0v) is 7.34. The van der Waals surface area contributed by atoms with Gasteiger partial charge in [-0.25, -0.2) is 9.78 Å². The zero-order chi connectivity index (χ0) is 9.26. The van der Waals surface area contributed by atoms with E-state index in [1.54, 1.807) is 11.6 Å². The summed E-state index contributed by atoms with van der Waals surface area (Å²) in [6.07, 6.45) is 1.77. The third kappa shape index (κ3) is 1.46. The van der Waals surface area contributed by atoms with Crippen molar-refractivity contribution in [2.45, 2.75) is 0 Å². The molecule has 0 atom stereocenters. The van der Waals surface area contributed by atoms with Crippen LogP contribution in [-0.2, 0) is 0 Å². The van der Waals surface area contributed by atoms with Crippen molar-refractivity contribution in [2.75, 3.05) is 0 Å². The predicted molar refractivity (Wildman–Crippen MR) is 48.9 cm³/mol. The average Bonchev–Trinajstić information content (AvgIpc) is 2.75. The van der Waals surface area contributed by atoms with E-state index in [0.717, 1.165) is 17.0 Å². The summed E-state index contributed by atoms with van der Waals surface area (Å²) < 4.78 is 0. The van der Waals surface area contributed by atoms with E-state index in [9.17, 15) is 4.79 Å². The second-order valence-corrected chi connectivity index (χ2v) is 3.28. The van der Waals surface area contributed by atoms with E-state index in [1.807, 2.05) is 12.1 Å². The second kappa shape index (κ2) is 3.02. The number of hydrogen-bond donors (Lipinski definition) is 2. The van der Waals surface area contributed by atoms with Crippen LogP contribution in [0.4, 0.5) is 0 Å². The van der Waals surface area contributed by atoms with Crippen LogP contribution < -0.4 is 0 Å². The van der Waals surface area contributed by atoms with Crippen molar-refractivity contribution >= 4 is 17.3 Å². The highest BCUT2D eigenvalue weighted by atomic mass is 32.1. The molecule has 2 aromatic heterocycles. The Kier molecular flexibility index (Phi) is 1.86. The molecule has 0 saturated heterocycles. The molecule has 0 aliphatic carbocycles. The number of H-pyrrole nitrogens is 1. The topological polar surface area (TPSA) is 66.0 Å². The molecule has 0 spiro atoms. The summed E-state index contributed by atoms with van der Waals surface area (Å²) >= 11 is 1.13. The Morgan fingerprint density at radius 1 is 1.62 bits per heavy atom. The molecule has 66 valence electrons. The molecule has 0 radical (unpaired) electrons. The smallest absolute Gasteiger partial charge is 0.365 e. The van der Waals surface area contributed by atoms with Gasteiger partial charge in [0.05, 0.1) is 11.4 Å². The predicted octanol–water partition coefficient (Wildman–Crippen LogP) is 1.84. The Hall–Kier alpha value is -1.62. The van der Waals surface area contributed by atoms with Crippen molar-refractivity contribution in [1.29, 1.82) is 0 Å². The first-order valence-electron chi connectivity index (χ1n) is 3.60. The van der Waals surface area contributed by atoms with Crippen LogP contribution in [0.5, 0.6) is 0 Å². The maximum Gasteiger partial charge on any atom is 0.365 e. The maximum absolute atomic E-state index is 10.5. The third-order valence-corrected chi connectivity index (χ3v) is 2.39. The minimum atomic E-state index is -0.984. The van der Waals surface area contributed by atoms with Crippen LogP contribution in [0, 0.1) is 0 Å². The van der Waals surface area contributed by atoms with Crippen LogP contribution in [0.25, 0.3) is 11.4 Å². The SMILES string of the molecule is O=C(O)c1nc(-c2ccc[nH]2)cs1. The molecule has 0 amide bonds. The summed E-state index contributed by atoms with van der Waals surface area (Å²) in [5.41, 5.74) is 1.51. The number of carboxylic acid groups (broad SMARTS) is 1. The summed E-state index contributed by atoms with van der Waals surface area (Å²) in [6.45, 7) is 0. The number of nitrogens with one attached hydrogen (secondary N) is 1. The van der Waals surface area contributed by atoms with Gasteiger partial charge in [-0.05, 0) is 12.1 Å². The molecule has 0 aromatic carbocycles. The van der Waals surface area contributed by atoms with E-state index in [0.29, 0.717) is 5.69 Å². The summed E-state index contributed by atoms with van der Waals surface area (Å²) in [4.78, 5) is 17.4. The van der Waals surface area contributed by atoms with Crippen molar-refractivity contribution in [1.82, 2.24) is 9.97 Å². The van der Waals surface area contributed by atoms with E-state index in [2.05, 4.69) is 9.97 Å². The van der Waals surface area contributed by atoms with E-state index in [-0.39, 0.29) is 5.01 Å². The molecule has 2 heterocycles. The Morgan fingerprint density at radius 2 is 2.46 bits per heavy atom. The zero-order valence-electron chi connectivity index (χ0n) is 6.52. The van der Waals surface area contributed by atoms with E-state index >= 15 is 0 Å². The molecule has 0 unspecified atom stereocenters. The molecule has 0 aliphatic rings. The highest BCUT2D eigenvalue weighted by Crippen LogP contribution is 2.19. The van der Waals surface area contributed by atoms with Crippen LogP contribution in [-0.4, -0.2) is 21.0 Å². The number of thiazole rings is 1. The number of rotatable bonds is 2. The van der Waals surface area contributed by atoms with Gasteiger partial charge in [-0.3, -0.25) is 0 Å². The molecule has 0 aliphatic heterocycles. The van der Waals surface area contributed by atoms with Crippen LogP contribution >= 0.6 is 11.3 Å².